The molecule has 1 atom stereocenters. The second-order valence-electron chi connectivity index (χ2n) is 7.05. The average Bonchev–Trinajstić information content (AvgIpc) is 2.74. The number of anilines is 1. The minimum atomic E-state index is -0.208. The van der Waals surface area contributed by atoms with Gasteiger partial charge in [0.1, 0.15) is 11.5 Å². The summed E-state index contributed by atoms with van der Waals surface area (Å²) < 4.78 is 11.5. The molecule has 0 saturated carbocycles. The van der Waals surface area contributed by atoms with Crippen molar-refractivity contribution < 1.29 is 14.3 Å². The zero-order valence-electron chi connectivity index (χ0n) is 17.9. The SMILES string of the molecule is CCOC(C)c1ccc(C(=O)Nc2cccc(Oc3ccc(CC)cc3)c2)c(C)n1. The Morgan fingerprint density at radius 1 is 1.03 bits per heavy atom. The molecule has 1 unspecified atom stereocenters. The van der Waals surface area contributed by atoms with E-state index in [4.69, 9.17) is 9.47 Å². The number of nitrogens with zero attached hydrogens (tertiary/aromatic N) is 1. The van der Waals surface area contributed by atoms with Gasteiger partial charge in [-0.15, -0.1) is 0 Å². The lowest BCUT2D eigenvalue weighted by Gasteiger charge is -2.14. The molecule has 0 bridgehead atoms. The van der Waals surface area contributed by atoms with Crippen LogP contribution in [0.3, 0.4) is 0 Å². The molecule has 5 heteroatoms. The van der Waals surface area contributed by atoms with Gasteiger partial charge in [-0.1, -0.05) is 25.1 Å². The fourth-order valence-electron chi connectivity index (χ4n) is 3.15. The number of benzene rings is 2. The van der Waals surface area contributed by atoms with Crippen LogP contribution in [0.25, 0.3) is 0 Å². The summed E-state index contributed by atoms with van der Waals surface area (Å²) in [6, 6.07) is 19.0. The summed E-state index contributed by atoms with van der Waals surface area (Å²) in [5.41, 5.74) is 3.93. The predicted molar refractivity (Wildman–Crippen MR) is 119 cm³/mol. The molecule has 0 aliphatic rings. The van der Waals surface area contributed by atoms with Gasteiger partial charge in [-0.3, -0.25) is 9.78 Å². The Kier molecular flexibility index (Phi) is 7.20. The number of aryl methyl sites for hydroxylation is 2. The van der Waals surface area contributed by atoms with Crippen LogP contribution in [0.4, 0.5) is 5.69 Å². The van der Waals surface area contributed by atoms with Crippen LogP contribution in [0.1, 0.15) is 54.2 Å². The molecule has 3 aromatic rings. The first-order valence-electron chi connectivity index (χ1n) is 10.3. The molecule has 1 N–H and O–H groups in total. The summed E-state index contributed by atoms with van der Waals surface area (Å²) in [5.74, 6) is 1.21. The molecule has 30 heavy (non-hydrogen) atoms. The van der Waals surface area contributed by atoms with Crippen molar-refractivity contribution in [1.29, 1.82) is 0 Å². The number of nitrogens with one attached hydrogen (secondary N) is 1. The van der Waals surface area contributed by atoms with Crippen LogP contribution in [0.15, 0.2) is 60.7 Å². The maximum absolute atomic E-state index is 12.8. The fraction of sp³-hybridized carbons (Fsp3) is 0.280. The van der Waals surface area contributed by atoms with Crippen LogP contribution < -0.4 is 10.1 Å². The summed E-state index contributed by atoms with van der Waals surface area (Å²) in [5, 5.41) is 2.93. The van der Waals surface area contributed by atoms with Crippen LogP contribution in [0.5, 0.6) is 11.5 Å². The quantitative estimate of drug-likeness (QED) is 0.493. The van der Waals surface area contributed by atoms with Crippen molar-refractivity contribution in [3.63, 3.8) is 0 Å². The highest BCUT2D eigenvalue weighted by Crippen LogP contribution is 2.25. The van der Waals surface area contributed by atoms with Gasteiger partial charge >= 0.3 is 0 Å². The Morgan fingerprint density at radius 2 is 1.80 bits per heavy atom. The zero-order chi connectivity index (χ0) is 21.5. The number of pyridine rings is 1. The first kappa shape index (κ1) is 21.5. The number of carbonyl (C=O) groups is 1. The van der Waals surface area contributed by atoms with Crippen LogP contribution in [-0.4, -0.2) is 17.5 Å². The Morgan fingerprint density at radius 3 is 2.47 bits per heavy atom. The third-order valence-electron chi connectivity index (χ3n) is 4.84. The van der Waals surface area contributed by atoms with Crippen LogP contribution in [0.2, 0.25) is 0 Å². The normalized spacial score (nSPS) is 11.7. The summed E-state index contributed by atoms with van der Waals surface area (Å²) in [7, 11) is 0. The molecule has 0 aliphatic carbocycles. The number of hydrogen-bond donors (Lipinski definition) is 1. The van der Waals surface area contributed by atoms with E-state index in [2.05, 4.69) is 17.2 Å². The number of rotatable bonds is 8. The van der Waals surface area contributed by atoms with Gasteiger partial charge < -0.3 is 14.8 Å². The monoisotopic (exact) mass is 404 g/mol. The van der Waals surface area contributed by atoms with E-state index in [1.165, 1.54) is 5.56 Å². The summed E-state index contributed by atoms with van der Waals surface area (Å²) in [4.78, 5) is 17.3. The number of ether oxygens (including phenoxy) is 2. The lowest BCUT2D eigenvalue weighted by atomic mass is 10.1. The molecule has 5 nitrogen and oxygen atoms in total. The molecule has 0 saturated heterocycles. The number of amides is 1. The Hall–Kier alpha value is -3.18. The minimum absolute atomic E-state index is 0.106. The van der Waals surface area contributed by atoms with Crippen molar-refractivity contribution in [3.8, 4) is 11.5 Å². The molecule has 1 heterocycles. The molecular formula is C25H28N2O3. The van der Waals surface area contributed by atoms with Crippen LogP contribution in [-0.2, 0) is 11.2 Å². The van der Waals surface area contributed by atoms with E-state index >= 15 is 0 Å². The van der Waals surface area contributed by atoms with Crippen molar-refractivity contribution in [2.45, 2.75) is 40.2 Å². The third kappa shape index (κ3) is 5.45. The molecule has 0 fully saturated rings. The van der Waals surface area contributed by atoms with Crippen molar-refractivity contribution in [2.75, 3.05) is 11.9 Å². The smallest absolute Gasteiger partial charge is 0.257 e. The lowest BCUT2D eigenvalue weighted by molar-refractivity contribution is 0.0732. The highest BCUT2D eigenvalue weighted by Gasteiger charge is 2.14. The van der Waals surface area contributed by atoms with E-state index in [0.717, 1.165) is 17.9 Å². The van der Waals surface area contributed by atoms with Gasteiger partial charge in [0, 0.05) is 18.4 Å². The number of carbonyl (C=O) groups excluding carboxylic acids is 1. The van der Waals surface area contributed by atoms with Crippen molar-refractivity contribution >= 4 is 11.6 Å². The second kappa shape index (κ2) is 10.0. The first-order valence-corrected chi connectivity index (χ1v) is 10.3. The van der Waals surface area contributed by atoms with E-state index in [1.807, 2.05) is 69.3 Å². The van der Waals surface area contributed by atoms with Gasteiger partial charge in [-0.05, 0) is 69.2 Å². The molecule has 2 aromatic carbocycles. The van der Waals surface area contributed by atoms with Gasteiger partial charge in [-0.2, -0.15) is 0 Å². The highest BCUT2D eigenvalue weighted by molar-refractivity contribution is 6.05. The predicted octanol–water partition coefficient (Wildman–Crippen LogP) is 6.09. The maximum atomic E-state index is 12.8. The van der Waals surface area contributed by atoms with E-state index in [0.29, 0.717) is 29.3 Å². The van der Waals surface area contributed by atoms with Crippen molar-refractivity contribution in [3.05, 3.63) is 83.2 Å². The average molecular weight is 405 g/mol. The zero-order valence-corrected chi connectivity index (χ0v) is 17.9. The second-order valence-corrected chi connectivity index (χ2v) is 7.05. The van der Waals surface area contributed by atoms with Crippen LogP contribution in [0, 0.1) is 6.92 Å². The molecule has 1 amide bonds. The number of aromatic nitrogens is 1. The van der Waals surface area contributed by atoms with Crippen molar-refractivity contribution in [2.24, 2.45) is 0 Å². The highest BCUT2D eigenvalue weighted by atomic mass is 16.5. The van der Waals surface area contributed by atoms with Gasteiger partial charge in [0.25, 0.3) is 5.91 Å². The minimum Gasteiger partial charge on any atom is -0.457 e. The molecule has 0 spiro atoms. The largest absolute Gasteiger partial charge is 0.457 e. The maximum Gasteiger partial charge on any atom is 0.257 e. The molecule has 0 radical (unpaired) electrons. The van der Waals surface area contributed by atoms with Gasteiger partial charge in [0.05, 0.1) is 23.1 Å². The first-order chi connectivity index (χ1) is 14.5. The third-order valence-corrected chi connectivity index (χ3v) is 4.84. The number of hydrogen-bond acceptors (Lipinski definition) is 4. The standard InChI is InChI=1S/C25H28N2O3/c1-5-19-10-12-21(13-11-19)30-22-9-7-8-20(16-22)27-25(28)23-14-15-24(26-17(23)3)18(4)29-6-2/h7-16,18H,5-6H2,1-4H3,(H,27,28). The van der Waals surface area contributed by atoms with E-state index in [1.54, 1.807) is 12.1 Å². The molecular weight excluding hydrogens is 376 g/mol. The Balaban J connectivity index is 1.70. The van der Waals surface area contributed by atoms with E-state index < -0.39 is 0 Å². The van der Waals surface area contributed by atoms with Gasteiger partial charge in [-0.25, -0.2) is 0 Å². The molecule has 3 rings (SSSR count). The van der Waals surface area contributed by atoms with Gasteiger partial charge in [0.15, 0.2) is 0 Å². The lowest BCUT2D eigenvalue weighted by Crippen LogP contribution is -2.15. The topological polar surface area (TPSA) is 60.5 Å². The van der Waals surface area contributed by atoms with E-state index in [9.17, 15) is 4.79 Å². The van der Waals surface area contributed by atoms with Crippen LogP contribution >= 0.6 is 0 Å². The van der Waals surface area contributed by atoms with E-state index in [-0.39, 0.29) is 12.0 Å². The molecule has 0 aliphatic heterocycles. The van der Waals surface area contributed by atoms with Crippen molar-refractivity contribution in [1.82, 2.24) is 4.98 Å². The summed E-state index contributed by atoms with van der Waals surface area (Å²) >= 11 is 0. The van der Waals surface area contributed by atoms with Gasteiger partial charge in [0.2, 0.25) is 0 Å². The summed E-state index contributed by atoms with van der Waals surface area (Å²) in [6.45, 7) is 8.46. The Bertz CT molecular complexity index is 1000. The Labute approximate surface area is 178 Å². The fourth-order valence-corrected chi connectivity index (χ4v) is 3.15. The summed E-state index contributed by atoms with van der Waals surface area (Å²) in [6.07, 6.45) is 0.882. The molecule has 1 aromatic heterocycles. The molecule has 156 valence electrons.